The van der Waals surface area contributed by atoms with Gasteiger partial charge < -0.3 is 5.32 Å². The number of nitrogens with zero attached hydrogens (tertiary/aromatic N) is 2. The number of hydrogen-bond donors (Lipinski definition) is 1. The van der Waals surface area contributed by atoms with E-state index in [9.17, 15) is 4.39 Å². The number of piperidine rings is 1. The third-order valence-corrected chi connectivity index (χ3v) is 3.79. The molecule has 18 heavy (non-hydrogen) atoms. The maximum Gasteiger partial charge on any atom is 0.141 e. The molecule has 2 atom stereocenters. The van der Waals surface area contributed by atoms with Gasteiger partial charge in [-0.2, -0.15) is 0 Å². The van der Waals surface area contributed by atoms with Crippen molar-refractivity contribution in [3.63, 3.8) is 0 Å². The van der Waals surface area contributed by atoms with Crippen LogP contribution in [0.5, 0.6) is 0 Å². The van der Waals surface area contributed by atoms with E-state index in [1.165, 1.54) is 31.5 Å². The Labute approximate surface area is 108 Å². The first-order valence-electron chi connectivity index (χ1n) is 6.74. The van der Waals surface area contributed by atoms with Gasteiger partial charge in [-0.05, 0) is 45.5 Å². The van der Waals surface area contributed by atoms with E-state index in [4.69, 9.17) is 0 Å². The third-order valence-electron chi connectivity index (χ3n) is 3.79. The zero-order valence-electron chi connectivity index (χ0n) is 11.2. The first-order valence-corrected chi connectivity index (χ1v) is 6.74. The molecule has 1 aromatic heterocycles. The molecule has 1 aliphatic rings. The highest BCUT2D eigenvalue weighted by molar-refractivity contribution is 5.10. The molecule has 1 fully saturated rings. The molecule has 0 aliphatic carbocycles. The number of hydrogen-bond acceptors (Lipinski definition) is 3. The van der Waals surface area contributed by atoms with E-state index in [1.54, 1.807) is 6.07 Å². The highest BCUT2D eigenvalue weighted by atomic mass is 19.1. The highest BCUT2D eigenvalue weighted by Crippen LogP contribution is 2.27. The summed E-state index contributed by atoms with van der Waals surface area (Å²) in [6, 6.07) is 4.11. The predicted molar refractivity (Wildman–Crippen MR) is 70.9 cm³/mol. The van der Waals surface area contributed by atoms with E-state index in [2.05, 4.69) is 22.1 Å². The summed E-state index contributed by atoms with van der Waals surface area (Å²) in [5.41, 5.74) is 0.958. The van der Waals surface area contributed by atoms with Gasteiger partial charge in [-0.3, -0.25) is 9.88 Å². The number of pyridine rings is 1. The molecule has 2 rings (SSSR count). The zero-order valence-corrected chi connectivity index (χ0v) is 11.2. The summed E-state index contributed by atoms with van der Waals surface area (Å²) in [6.45, 7) is 4.27. The van der Waals surface area contributed by atoms with Gasteiger partial charge in [0.05, 0.1) is 11.9 Å². The summed E-state index contributed by atoms with van der Waals surface area (Å²) in [6.07, 6.45) is 5.08. The van der Waals surface area contributed by atoms with Crippen LogP contribution in [0.15, 0.2) is 18.3 Å². The second-order valence-electron chi connectivity index (χ2n) is 5.02. The molecule has 1 saturated heterocycles. The number of halogens is 1. The van der Waals surface area contributed by atoms with E-state index in [0.717, 1.165) is 18.8 Å². The molecule has 1 N–H and O–H groups in total. The van der Waals surface area contributed by atoms with Crippen molar-refractivity contribution in [2.24, 2.45) is 0 Å². The zero-order chi connectivity index (χ0) is 13.0. The molecule has 1 aliphatic heterocycles. The summed E-state index contributed by atoms with van der Waals surface area (Å²) in [7, 11) is 1.99. The maximum atomic E-state index is 12.9. The Balaban J connectivity index is 2.09. The Kier molecular flexibility index (Phi) is 4.66. The van der Waals surface area contributed by atoms with Crippen molar-refractivity contribution in [3.8, 4) is 0 Å². The molecular formula is C14H22FN3. The molecule has 100 valence electrons. The van der Waals surface area contributed by atoms with Gasteiger partial charge in [0.25, 0.3) is 0 Å². The van der Waals surface area contributed by atoms with Crippen LogP contribution >= 0.6 is 0 Å². The highest BCUT2D eigenvalue weighted by Gasteiger charge is 2.27. The largest absolute Gasteiger partial charge is 0.318 e. The van der Waals surface area contributed by atoms with Crippen LogP contribution in [-0.2, 0) is 0 Å². The lowest BCUT2D eigenvalue weighted by atomic mass is 9.99. The normalized spacial score (nSPS) is 22.9. The number of likely N-dealkylation sites (tertiary alicyclic amines) is 1. The smallest absolute Gasteiger partial charge is 0.141 e. The van der Waals surface area contributed by atoms with Crippen molar-refractivity contribution in [2.45, 2.75) is 38.3 Å². The fourth-order valence-electron chi connectivity index (χ4n) is 2.79. The van der Waals surface area contributed by atoms with Crippen molar-refractivity contribution in [3.05, 3.63) is 29.8 Å². The predicted octanol–water partition coefficient (Wildman–Crippen LogP) is 2.36. The Hall–Kier alpha value is -1.00. The average molecular weight is 251 g/mol. The third kappa shape index (κ3) is 3.06. The monoisotopic (exact) mass is 251 g/mol. The molecule has 3 nitrogen and oxygen atoms in total. The van der Waals surface area contributed by atoms with Crippen LogP contribution in [0.2, 0.25) is 0 Å². The fraction of sp³-hybridized carbons (Fsp3) is 0.643. The van der Waals surface area contributed by atoms with Crippen LogP contribution in [0, 0.1) is 5.82 Å². The van der Waals surface area contributed by atoms with Gasteiger partial charge in [0.2, 0.25) is 0 Å². The lowest BCUT2D eigenvalue weighted by molar-refractivity contribution is 0.101. The van der Waals surface area contributed by atoms with E-state index in [1.807, 2.05) is 7.05 Å². The van der Waals surface area contributed by atoms with Crippen molar-refractivity contribution < 1.29 is 4.39 Å². The lowest BCUT2D eigenvalue weighted by Gasteiger charge is -2.39. The van der Waals surface area contributed by atoms with Gasteiger partial charge in [0.1, 0.15) is 5.82 Å². The quantitative estimate of drug-likeness (QED) is 0.890. The molecule has 0 amide bonds. The average Bonchev–Trinajstić information content (AvgIpc) is 2.40. The Morgan fingerprint density at radius 2 is 2.33 bits per heavy atom. The minimum atomic E-state index is -0.267. The number of likely N-dealkylation sites (N-methyl/N-ethyl adjacent to an activating group) is 1. The topological polar surface area (TPSA) is 28.2 Å². The van der Waals surface area contributed by atoms with E-state index in [0.29, 0.717) is 6.04 Å². The molecule has 2 heterocycles. The van der Waals surface area contributed by atoms with Crippen LogP contribution in [-0.4, -0.2) is 36.1 Å². The van der Waals surface area contributed by atoms with Crippen LogP contribution in [0.4, 0.5) is 4.39 Å². The Morgan fingerprint density at radius 1 is 1.50 bits per heavy atom. The molecular weight excluding hydrogens is 229 g/mol. The first kappa shape index (κ1) is 13.4. The molecule has 4 heteroatoms. The number of nitrogens with one attached hydrogen (secondary N) is 1. The van der Waals surface area contributed by atoms with Gasteiger partial charge in [-0.15, -0.1) is 0 Å². The molecule has 0 saturated carbocycles. The van der Waals surface area contributed by atoms with Crippen molar-refractivity contribution in [1.82, 2.24) is 15.2 Å². The number of aromatic nitrogens is 1. The molecule has 2 unspecified atom stereocenters. The molecule has 0 bridgehead atoms. The van der Waals surface area contributed by atoms with Crippen molar-refractivity contribution in [2.75, 3.05) is 20.1 Å². The van der Waals surface area contributed by atoms with E-state index >= 15 is 0 Å². The van der Waals surface area contributed by atoms with Gasteiger partial charge in [0.15, 0.2) is 0 Å². The first-order chi connectivity index (χ1) is 8.72. The minimum Gasteiger partial charge on any atom is -0.318 e. The molecule has 0 aromatic carbocycles. The summed E-state index contributed by atoms with van der Waals surface area (Å²) in [5, 5.41) is 3.26. The SMILES string of the molecule is CNCC1CCCCN1C(C)c1ccc(F)cn1. The molecule has 0 spiro atoms. The van der Waals surface area contributed by atoms with Gasteiger partial charge >= 0.3 is 0 Å². The second-order valence-corrected chi connectivity index (χ2v) is 5.02. The van der Waals surface area contributed by atoms with Gasteiger partial charge in [-0.25, -0.2) is 4.39 Å². The summed E-state index contributed by atoms with van der Waals surface area (Å²) < 4.78 is 12.9. The Bertz CT molecular complexity index is 364. The van der Waals surface area contributed by atoms with Crippen LogP contribution in [0.1, 0.15) is 37.9 Å². The van der Waals surface area contributed by atoms with Crippen molar-refractivity contribution >= 4 is 0 Å². The van der Waals surface area contributed by atoms with Gasteiger partial charge in [-0.1, -0.05) is 6.42 Å². The van der Waals surface area contributed by atoms with Crippen molar-refractivity contribution in [1.29, 1.82) is 0 Å². The van der Waals surface area contributed by atoms with Crippen LogP contribution < -0.4 is 5.32 Å². The lowest BCUT2D eigenvalue weighted by Crippen LogP contribution is -2.46. The standard InChI is InChI=1S/C14H22FN3/c1-11(14-7-6-12(15)9-17-14)18-8-4-3-5-13(18)10-16-2/h6-7,9,11,13,16H,3-5,8,10H2,1-2H3. The second kappa shape index (κ2) is 6.25. The van der Waals surface area contributed by atoms with Crippen LogP contribution in [0.3, 0.4) is 0 Å². The summed E-state index contributed by atoms with van der Waals surface area (Å²) in [5.74, 6) is -0.267. The summed E-state index contributed by atoms with van der Waals surface area (Å²) in [4.78, 5) is 6.70. The Morgan fingerprint density at radius 3 is 3.00 bits per heavy atom. The van der Waals surface area contributed by atoms with E-state index < -0.39 is 0 Å². The molecule has 1 aromatic rings. The minimum absolute atomic E-state index is 0.254. The van der Waals surface area contributed by atoms with Crippen LogP contribution in [0.25, 0.3) is 0 Å². The summed E-state index contributed by atoms with van der Waals surface area (Å²) >= 11 is 0. The van der Waals surface area contributed by atoms with E-state index in [-0.39, 0.29) is 11.9 Å². The fourth-order valence-corrected chi connectivity index (χ4v) is 2.79. The number of rotatable bonds is 4. The van der Waals surface area contributed by atoms with Gasteiger partial charge in [0, 0.05) is 18.6 Å². The maximum absolute atomic E-state index is 12.9. The molecule has 0 radical (unpaired) electrons.